The van der Waals surface area contributed by atoms with Crippen LogP contribution in [0.5, 0.6) is 0 Å². The molecule has 1 aliphatic carbocycles. The molecule has 1 N–H and O–H groups in total. The van der Waals surface area contributed by atoms with E-state index in [0.29, 0.717) is 17.7 Å². The molecule has 1 aliphatic heterocycles. The minimum absolute atomic E-state index is 0.00878. The number of piperidine rings is 1. The van der Waals surface area contributed by atoms with Crippen LogP contribution < -0.4 is 5.32 Å². The number of aryl methyl sites for hydroxylation is 2. The van der Waals surface area contributed by atoms with Gasteiger partial charge in [-0.05, 0) is 88.6 Å². The third-order valence-electron chi connectivity index (χ3n) is 8.57. The Hall–Kier alpha value is -4.34. The fraction of sp³-hybridized carbons (Fsp3) is 0.406. The van der Waals surface area contributed by atoms with E-state index in [1.54, 1.807) is 42.6 Å². The van der Waals surface area contributed by atoms with Crippen LogP contribution in [0.3, 0.4) is 0 Å². The predicted octanol–water partition coefficient (Wildman–Crippen LogP) is 4.79. The zero-order chi connectivity index (χ0) is 30.0. The maximum atomic E-state index is 14.4. The molecule has 0 bridgehead atoms. The number of carbonyl (C=O) groups excluding carboxylic acids is 3. The summed E-state index contributed by atoms with van der Waals surface area (Å²) in [5.74, 6) is -0.605. The lowest BCUT2D eigenvalue weighted by Crippen LogP contribution is -2.51. The van der Waals surface area contributed by atoms with E-state index in [-0.39, 0.29) is 41.8 Å². The molecular formula is C32H35FN6O3. The van der Waals surface area contributed by atoms with Crippen LogP contribution in [0.4, 0.5) is 4.39 Å². The van der Waals surface area contributed by atoms with Crippen LogP contribution in [0, 0.1) is 25.7 Å². The van der Waals surface area contributed by atoms with E-state index in [4.69, 9.17) is 0 Å². The Morgan fingerprint density at radius 2 is 1.86 bits per heavy atom. The molecule has 1 aromatic carbocycles. The summed E-state index contributed by atoms with van der Waals surface area (Å²) in [4.78, 5) is 45.8. The van der Waals surface area contributed by atoms with Gasteiger partial charge in [0.2, 0.25) is 11.8 Å². The van der Waals surface area contributed by atoms with Crippen molar-refractivity contribution in [1.82, 2.24) is 29.4 Å². The highest BCUT2D eigenvalue weighted by Crippen LogP contribution is 2.49. The lowest BCUT2D eigenvalue weighted by Gasteiger charge is -2.28. The summed E-state index contributed by atoms with van der Waals surface area (Å²) in [5.41, 5.74) is 6.12. The van der Waals surface area contributed by atoms with E-state index in [1.165, 1.54) is 6.92 Å². The molecule has 2 aliphatic rings. The van der Waals surface area contributed by atoms with Gasteiger partial charge in [0.25, 0.3) is 0 Å². The number of likely N-dealkylation sites (tertiary alicyclic amines) is 1. The number of carbonyl (C=O) groups is 3. The highest BCUT2D eigenvalue weighted by Gasteiger charge is 2.56. The Kier molecular flexibility index (Phi) is 6.74. The average molecular weight is 571 g/mol. The Balaban J connectivity index is 1.30. The zero-order valence-corrected chi connectivity index (χ0v) is 24.7. The van der Waals surface area contributed by atoms with Crippen LogP contribution in [-0.4, -0.2) is 60.3 Å². The number of hydrogen-bond donors (Lipinski definition) is 1. The SMILES string of the molecule is CC(=O)c1cn(CC(=O)N2C[C@H]3C[C@H]3[C@H]2C(=O)N[C@H](C)C(F)=C(C)C)c2c(C)cc(-c3cnc4cc(C)nn4c3)cc12. The first-order chi connectivity index (χ1) is 19.9. The molecule has 42 heavy (non-hydrogen) atoms. The van der Waals surface area contributed by atoms with Crippen LogP contribution >= 0.6 is 0 Å². The van der Waals surface area contributed by atoms with Crippen molar-refractivity contribution < 1.29 is 18.8 Å². The quantitative estimate of drug-likeness (QED) is 0.322. The number of benzene rings is 1. The van der Waals surface area contributed by atoms with Crippen LogP contribution in [0.15, 0.2) is 48.2 Å². The number of Topliss-reactive ketones (excluding diaryl/α,β-unsaturated/α-hetero) is 1. The second-order valence-electron chi connectivity index (χ2n) is 12.1. The third-order valence-corrected chi connectivity index (χ3v) is 8.57. The number of nitrogens with zero attached hydrogens (tertiary/aromatic N) is 5. The van der Waals surface area contributed by atoms with Gasteiger partial charge in [0.15, 0.2) is 11.4 Å². The largest absolute Gasteiger partial charge is 0.345 e. The first-order valence-electron chi connectivity index (χ1n) is 14.3. The van der Waals surface area contributed by atoms with Crippen molar-refractivity contribution in [3.8, 4) is 11.1 Å². The fourth-order valence-electron chi connectivity index (χ4n) is 6.46. The number of nitrogens with one attached hydrogen (secondary N) is 1. The van der Waals surface area contributed by atoms with E-state index in [9.17, 15) is 18.8 Å². The van der Waals surface area contributed by atoms with E-state index in [2.05, 4.69) is 15.4 Å². The van der Waals surface area contributed by atoms with Crippen molar-refractivity contribution in [3.63, 3.8) is 0 Å². The first kappa shape index (κ1) is 27.8. The molecule has 0 unspecified atom stereocenters. The van der Waals surface area contributed by atoms with Crippen molar-refractivity contribution in [2.24, 2.45) is 11.8 Å². The van der Waals surface area contributed by atoms with Crippen LogP contribution in [0.1, 0.15) is 55.7 Å². The summed E-state index contributed by atoms with van der Waals surface area (Å²) >= 11 is 0. The summed E-state index contributed by atoms with van der Waals surface area (Å²) in [6.45, 7) is 10.8. The second-order valence-corrected chi connectivity index (χ2v) is 12.1. The number of hydrogen-bond acceptors (Lipinski definition) is 5. The Labute approximate surface area is 243 Å². The number of rotatable bonds is 7. The third kappa shape index (κ3) is 4.78. The first-order valence-corrected chi connectivity index (χ1v) is 14.3. The summed E-state index contributed by atoms with van der Waals surface area (Å²) in [6, 6.07) is 4.51. The zero-order valence-electron chi connectivity index (χ0n) is 24.7. The Morgan fingerprint density at radius 1 is 1.10 bits per heavy atom. The fourth-order valence-corrected chi connectivity index (χ4v) is 6.46. The molecule has 6 rings (SSSR count). The minimum Gasteiger partial charge on any atom is -0.345 e. The van der Waals surface area contributed by atoms with Gasteiger partial charge >= 0.3 is 0 Å². The molecule has 9 nitrogen and oxygen atoms in total. The highest BCUT2D eigenvalue weighted by atomic mass is 19.1. The van der Waals surface area contributed by atoms with E-state index in [0.717, 1.165) is 45.4 Å². The highest BCUT2D eigenvalue weighted by molar-refractivity contribution is 6.09. The second kappa shape index (κ2) is 10.2. The smallest absolute Gasteiger partial charge is 0.243 e. The van der Waals surface area contributed by atoms with Crippen LogP contribution in [0.2, 0.25) is 0 Å². The van der Waals surface area contributed by atoms with Gasteiger partial charge in [-0.1, -0.05) is 0 Å². The molecule has 1 saturated carbocycles. The molecule has 0 radical (unpaired) electrons. The molecule has 4 aromatic rings. The van der Waals surface area contributed by atoms with Gasteiger partial charge in [0, 0.05) is 47.7 Å². The molecule has 218 valence electrons. The lowest BCUT2D eigenvalue weighted by molar-refractivity contribution is -0.140. The number of amides is 2. The molecule has 2 fully saturated rings. The van der Waals surface area contributed by atoms with Crippen LogP contribution in [-0.2, 0) is 16.1 Å². The van der Waals surface area contributed by atoms with E-state index in [1.807, 2.05) is 42.8 Å². The Bertz CT molecular complexity index is 1810. The topological polar surface area (TPSA) is 102 Å². The van der Waals surface area contributed by atoms with Crippen molar-refractivity contribution in [3.05, 3.63) is 65.0 Å². The molecule has 4 atom stereocenters. The van der Waals surface area contributed by atoms with E-state index >= 15 is 0 Å². The molecule has 1 saturated heterocycles. The van der Waals surface area contributed by atoms with Gasteiger partial charge in [-0.2, -0.15) is 5.10 Å². The number of ketones is 1. The standard InChI is InChI=1S/C32H35FN6O3/c1-16(2)29(33)19(5)35-32(42)31-24-10-22(24)12-38(31)28(41)15-37-14-26(20(6)40)25-9-21(7-17(3)30(25)37)23-11-34-27-8-18(4)36-39(27)13-23/h7-9,11,13-14,19,22,24,31H,10,12,15H2,1-6H3,(H,35,42)/t19-,22-,24-,31+/m1/s1. The minimum atomic E-state index is -0.756. The van der Waals surface area contributed by atoms with Crippen molar-refractivity contribution >= 4 is 34.1 Å². The lowest BCUT2D eigenvalue weighted by atomic mass is 10.0. The average Bonchev–Trinajstić information content (AvgIpc) is 3.25. The van der Waals surface area contributed by atoms with Crippen molar-refractivity contribution in [2.75, 3.05) is 6.54 Å². The van der Waals surface area contributed by atoms with Gasteiger partial charge < -0.3 is 14.8 Å². The predicted molar refractivity (Wildman–Crippen MR) is 158 cm³/mol. The van der Waals surface area contributed by atoms with Gasteiger partial charge in [0.05, 0.1) is 17.3 Å². The summed E-state index contributed by atoms with van der Waals surface area (Å²) in [6.07, 6.45) is 6.33. The molecule has 10 heteroatoms. The number of halogens is 1. The molecule has 3 aromatic heterocycles. The molecular weight excluding hydrogens is 535 g/mol. The Morgan fingerprint density at radius 3 is 2.57 bits per heavy atom. The van der Waals surface area contributed by atoms with Gasteiger partial charge in [-0.3, -0.25) is 14.4 Å². The number of fused-ring (bicyclic) bond motifs is 3. The number of aromatic nitrogens is 4. The molecule has 4 heterocycles. The summed E-state index contributed by atoms with van der Waals surface area (Å²) < 4.78 is 18.0. The normalized spacial score (nSPS) is 20.1. The van der Waals surface area contributed by atoms with Gasteiger partial charge in [-0.15, -0.1) is 0 Å². The monoisotopic (exact) mass is 570 g/mol. The van der Waals surface area contributed by atoms with E-state index < -0.39 is 12.1 Å². The van der Waals surface area contributed by atoms with Crippen LogP contribution in [0.25, 0.3) is 27.7 Å². The molecule has 2 amide bonds. The van der Waals surface area contributed by atoms with Crippen molar-refractivity contribution in [2.45, 2.75) is 66.6 Å². The summed E-state index contributed by atoms with van der Waals surface area (Å²) in [7, 11) is 0. The number of allylic oxidation sites excluding steroid dienone is 1. The maximum absolute atomic E-state index is 14.4. The maximum Gasteiger partial charge on any atom is 0.243 e. The van der Waals surface area contributed by atoms with Crippen molar-refractivity contribution in [1.29, 1.82) is 0 Å². The van der Waals surface area contributed by atoms with Gasteiger partial charge in [-0.25, -0.2) is 13.9 Å². The van der Waals surface area contributed by atoms with Gasteiger partial charge in [0.1, 0.15) is 18.4 Å². The summed E-state index contributed by atoms with van der Waals surface area (Å²) in [5, 5.41) is 8.00. The molecule has 0 spiro atoms.